The number of anilines is 1. The topological polar surface area (TPSA) is 49.3 Å². The number of carbonyl (C=O) groups is 1. The van der Waals surface area contributed by atoms with Gasteiger partial charge in [0.25, 0.3) is 0 Å². The van der Waals surface area contributed by atoms with Gasteiger partial charge in [-0.25, -0.2) is 9.97 Å². The number of piperazine rings is 1. The van der Waals surface area contributed by atoms with E-state index in [1.54, 1.807) is 6.07 Å². The summed E-state index contributed by atoms with van der Waals surface area (Å²) in [6, 6.07) is 5.10. The fraction of sp³-hybridized carbons (Fsp3) is 0.476. The van der Waals surface area contributed by atoms with Gasteiger partial charge in [-0.3, -0.25) is 4.79 Å². The van der Waals surface area contributed by atoms with Crippen LogP contribution in [0.25, 0.3) is 11.4 Å². The molecule has 8 heteroatoms. The van der Waals surface area contributed by atoms with Crippen LogP contribution in [0.15, 0.2) is 24.3 Å². The van der Waals surface area contributed by atoms with Crippen molar-refractivity contribution in [3.05, 3.63) is 41.1 Å². The maximum absolute atomic E-state index is 13.1. The van der Waals surface area contributed by atoms with E-state index >= 15 is 0 Å². The Labute approximate surface area is 168 Å². The molecular weight excluding hydrogens is 381 g/mol. The second-order valence-electron chi connectivity index (χ2n) is 7.09. The molecule has 0 N–H and O–H groups in total. The fourth-order valence-corrected chi connectivity index (χ4v) is 3.61. The van der Waals surface area contributed by atoms with Crippen LogP contribution in [-0.4, -0.2) is 47.0 Å². The van der Waals surface area contributed by atoms with Crippen LogP contribution in [0, 0.1) is 6.92 Å². The number of aromatic nitrogens is 2. The molecule has 3 rings (SSSR count). The zero-order chi connectivity index (χ0) is 21.2. The summed E-state index contributed by atoms with van der Waals surface area (Å²) in [5.41, 5.74) is 1.36. The monoisotopic (exact) mass is 406 g/mol. The quantitative estimate of drug-likeness (QED) is 0.767. The maximum Gasteiger partial charge on any atom is 0.416 e. The van der Waals surface area contributed by atoms with Gasteiger partial charge in [-0.2, -0.15) is 13.2 Å². The lowest BCUT2D eigenvalue weighted by Gasteiger charge is -2.36. The molecule has 1 aromatic heterocycles. The molecule has 2 heterocycles. The molecular formula is C21H25F3N4O. The van der Waals surface area contributed by atoms with E-state index in [2.05, 4.69) is 14.9 Å². The Morgan fingerprint density at radius 1 is 1.10 bits per heavy atom. The number of hydrogen-bond donors (Lipinski definition) is 0. The van der Waals surface area contributed by atoms with Crippen molar-refractivity contribution in [3.8, 4) is 11.4 Å². The van der Waals surface area contributed by atoms with Gasteiger partial charge in [-0.1, -0.05) is 26.0 Å². The molecule has 2 aromatic rings. The Morgan fingerprint density at radius 2 is 1.79 bits per heavy atom. The van der Waals surface area contributed by atoms with E-state index in [9.17, 15) is 18.0 Å². The number of nitrogens with zero attached hydrogens (tertiary/aromatic N) is 4. The number of rotatable bonds is 4. The van der Waals surface area contributed by atoms with Crippen LogP contribution in [0.2, 0.25) is 0 Å². The molecule has 0 bridgehead atoms. The number of aryl methyl sites for hydroxylation is 1. The van der Waals surface area contributed by atoms with Gasteiger partial charge in [0.2, 0.25) is 5.91 Å². The average molecular weight is 406 g/mol. The molecule has 1 fully saturated rings. The maximum atomic E-state index is 13.1. The largest absolute Gasteiger partial charge is 0.416 e. The van der Waals surface area contributed by atoms with E-state index in [1.165, 1.54) is 6.07 Å². The summed E-state index contributed by atoms with van der Waals surface area (Å²) in [5.74, 6) is 1.16. The predicted molar refractivity (Wildman–Crippen MR) is 106 cm³/mol. The fourth-order valence-electron chi connectivity index (χ4n) is 3.61. The van der Waals surface area contributed by atoms with Crippen molar-refractivity contribution in [2.24, 2.45) is 0 Å². The van der Waals surface area contributed by atoms with Crippen molar-refractivity contribution >= 4 is 11.7 Å². The second-order valence-corrected chi connectivity index (χ2v) is 7.09. The van der Waals surface area contributed by atoms with E-state index in [1.807, 2.05) is 25.7 Å². The zero-order valence-electron chi connectivity index (χ0n) is 16.9. The smallest absolute Gasteiger partial charge is 0.353 e. The number of hydrogen-bond acceptors (Lipinski definition) is 4. The first-order chi connectivity index (χ1) is 13.7. The van der Waals surface area contributed by atoms with Gasteiger partial charge >= 0.3 is 6.18 Å². The number of carbonyl (C=O) groups excluding carboxylic acids is 1. The molecule has 1 aromatic carbocycles. The van der Waals surface area contributed by atoms with Crippen molar-refractivity contribution in [1.82, 2.24) is 14.9 Å². The molecule has 29 heavy (non-hydrogen) atoms. The summed E-state index contributed by atoms with van der Waals surface area (Å²) in [6.07, 6.45) is -3.22. The third-order valence-corrected chi connectivity index (χ3v) is 5.23. The van der Waals surface area contributed by atoms with Crippen LogP contribution in [0.4, 0.5) is 19.0 Å². The lowest BCUT2D eigenvalue weighted by molar-refractivity contribution is -0.137. The van der Waals surface area contributed by atoms with E-state index in [-0.39, 0.29) is 11.7 Å². The lowest BCUT2D eigenvalue weighted by atomic mass is 10.1. The number of benzene rings is 1. The highest BCUT2D eigenvalue weighted by Gasteiger charge is 2.31. The third-order valence-electron chi connectivity index (χ3n) is 5.23. The van der Waals surface area contributed by atoms with Crippen molar-refractivity contribution < 1.29 is 18.0 Å². The van der Waals surface area contributed by atoms with Crippen LogP contribution in [0.3, 0.4) is 0 Å². The van der Waals surface area contributed by atoms with Gasteiger partial charge in [0.05, 0.1) is 5.56 Å². The minimum atomic E-state index is -4.42. The first kappa shape index (κ1) is 21.1. The highest BCUT2D eigenvalue weighted by molar-refractivity contribution is 5.76. The SMILES string of the molecule is CCC(=O)N1CCN(c2nc(-c3cccc(C(F)(F)F)c3)nc(C)c2CC)CC1. The Balaban J connectivity index is 1.95. The van der Waals surface area contributed by atoms with Crippen LogP contribution >= 0.6 is 0 Å². The van der Waals surface area contributed by atoms with Crippen LogP contribution in [0.1, 0.15) is 37.1 Å². The summed E-state index contributed by atoms with van der Waals surface area (Å²) in [6.45, 7) is 8.21. The Morgan fingerprint density at radius 3 is 2.38 bits per heavy atom. The minimum absolute atomic E-state index is 0.129. The molecule has 5 nitrogen and oxygen atoms in total. The minimum Gasteiger partial charge on any atom is -0.353 e. The summed E-state index contributed by atoms with van der Waals surface area (Å²) in [4.78, 5) is 25.0. The van der Waals surface area contributed by atoms with Gasteiger partial charge in [0.1, 0.15) is 5.82 Å². The molecule has 0 aliphatic carbocycles. The molecule has 1 amide bonds. The lowest BCUT2D eigenvalue weighted by Crippen LogP contribution is -2.49. The van der Waals surface area contributed by atoms with Crippen LogP contribution in [-0.2, 0) is 17.4 Å². The summed E-state index contributed by atoms with van der Waals surface area (Å²) in [7, 11) is 0. The first-order valence-electron chi connectivity index (χ1n) is 9.82. The molecule has 0 unspecified atom stereocenters. The molecule has 1 saturated heterocycles. The van der Waals surface area contributed by atoms with E-state index in [0.29, 0.717) is 38.2 Å². The average Bonchev–Trinajstić information content (AvgIpc) is 2.72. The molecule has 0 spiro atoms. The molecule has 1 aliphatic heterocycles. The van der Waals surface area contributed by atoms with Crippen molar-refractivity contribution in [2.75, 3.05) is 31.1 Å². The Hall–Kier alpha value is -2.64. The highest BCUT2D eigenvalue weighted by atomic mass is 19.4. The molecule has 0 radical (unpaired) electrons. The molecule has 0 saturated carbocycles. The number of amides is 1. The van der Waals surface area contributed by atoms with E-state index in [0.717, 1.165) is 35.6 Å². The van der Waals surface area contributed by atoms with Crippen molar-refractivity contribution in [2.45, 2.75) is 39.8 Å². The normalized spacial score (nSPS) is 15.0. The Kier molecular flexibility index (Phi) is 6.10. The zero-order valence-corrected chi connectivity index (χ0v) is 16.9. The summed E-state index contributed by atoms with van der Waals surface area (Å²) in [5, 5.41) is 0. The van der Waals surface area contributed by atoms with Crippen molar-refractivity contribution in [1.29, 1.82) is 0 Å². The van der Waals surface area contributed by atoms with Gasteiger partial charge < -0.3 is 9.80 Å². The number of alkyl halides is 3. The first-order valence-corrected chi connectivity index (χ1v) is 9.82. The van der Waals surface area contributed by atoms with E-state index < -0.39 is 11.7 Å². The van der Waals surface area contributed by atoms with Gasteiger partial charge in [0.15, 0.2) is 5.82 Å². The Bertz CT molecular complexity index is 890. The molecule has 0 atom stereocenters. The third kappa shape index (κ3) is 4.52. The van der Waals surface area contributed by atoms with Crippen molar-refractivity contribution in [3.63, 3.8) is 0 Å². The van der Waals surface area contributed by atoms with E-state index in [4.69, 9.17) is 0 Å². The standard InChI is InChI=1S/C21H25F3N4O/c1-4-17-14(3)25-19(15-7-6-8-16(13-15)21(22,23)24)26-20(17)28-11-9-27(10-12-28)18(29)5-2/h6-8,13H,4-5,9-12H2,1-3H3. The van der Waals surface area contributed by atoms with Gasteiger partial charge in [-0.05, 0) is 25.5 Å². The van der Waals surface area contributed by atoms with Gasteiger partial charge in [-0.15, -0.1) is 0 Å². The van der Waals surface area contributed by atoms with Crippen LogP contribution in [0.5, 0.6) is 0 Å². The summed E-state index contributed by atoms with van der Waals surface area (Å²) < 4.78 is 39.3. The molecule has 156 valence electrons. The number of halogens is 3. The van der Waals surface area contributed by atoms with Crippen LogP contribution < -0.4 is 4.90 Å². The van der Waals surface area contributed by atoms with Gasteiger partial charge in [0, 0.05) is 49.4 Å². The highest BCUT2D eigenvalue weighted by Crippen LogP contribution is 2.32. The molecule has 1 aliphatic rings. The summed E-state index contributed by atoms with van der Waals surface area (Å²) >= 11 is 0. The predicted octanol–water partition coefficient (Wildman–Crippen LogP) is 4.09. The second kappa shape index (κ2) is 8.39.